The van der Waals surface area contributed by atoms with Crippen molar-refractivity contribution in [2.24, 2.45) is 16.5 Å². The number of amides is 1. The van der Waals surface area contributed by atoms with E-state index in [0.29, 0.717) is 13.1 Å². The molecule has 1 rings (SSSR count). The molecular weight excluding hydrogens is 416 g/mol. The molecule has 0 aromatic heterocycles. The summed E-state index contributed by atoms with van der Waals surface area (Å²) in [6, 6.07) is 7.80. The summed E-state index contributed by atoms with van der Waals surface area (Å²) < 4.78 is 30.5. The number of unbranched alkanes of at least 4 members (excludes halogenated alkanes) is 1. The predicted molar refractivity (Wildman–Crippen MR) is 113 cm³/mol. The first kappa shape index (κ1) is 26.7. The van der Waals surface area contributed by atoms with Crippen LogP contribution >= 0.6 is 0 Å². The molecule has 1 aromatic carbocycles. The summed E-state index contributed by atoms with van der Waals surface area (Å²) in [4.78, 5) is 25.4. The molecule has 1 aromatic rings. The molecule has 168 valence electrons. The predicted octanol–water partition coefficient (Wildman–Crippen LogP) is 0.724. The van der Waals surface area contributed by atoms with Crippen molar-refractivity contribution >= 4 is 33.4 Å². The van der Waals surface area contributed by atoms with E-state index in [4.69, 9.17) is 21.3 Å². The van der Waals surface area contributed by atoms with Crippen molar-refractivity contribution in [3.8, 4) is 5.75 Å². The second-order valence-corrected chi connectivity index (χ2v) is 7.53. The molecule has 0 spiro atoms. The van der Waals surface area contributed by atoms with Crippen molar-refractivity contribution in [1.82, 2.24) is 5.32 Å². The standard InChI is InChI=1S/C10H22N4O2.C8H6O5S/c1-10(2,3)16-9(15)14-7-5-4-6-13-8(11)12;9-7(10)8(14(11)12)13-6-4-2-1-3-5-6/h4-7H2,1-3H3,(H,14,15)(H4,11,12,13);1-5H,(H,9,10). The van der Waals surface area contributed by atoms with Crippen LogP contribution in [0.2, 0.25) is 0 Å². The quantitative estimate of drug-likeness (QED) is 0.212. The van der Waals surface area contributed by atoms with Crippen LogP contribution in [0.5, 0.6) is 5.75 Å². The third-order valence-corrected chi connectivity index (χ3v) is 3.39. The van der Waals surface area contributed by atoms with Gasteiger partial charge in [0.25, 0.3) is 10.3 Å². The lowest BCUT2D eigenvalue weighted by Crippen LogP contribution is -2.33. The molecule has 30 heavy (non-hydrogen) atoms. The third kappa shape index (κ3) is 14.7. The first-order valence-electron chi connectivity index (χ1n) is 8.87. The normalized spacial score (nSPS) is 9.97. The number of guanidine groups is 1. The van der Waals surface area contributed by atoms with Gasteiger partial charge in [-0.15, -0.1) is 0 Å². The van der Waals surface area contributed by atoms with Gasteiger partial charge in [-0.25, -0.2) is 9.59 Å². The number of nitrogens with zero attached hydrogens (tertiary/aromatic N) is 1. The Morgan fingerprint density at radius 3 is 2.20 bits per heavy atom. The number of ether oxygens (including phenoxy) is 2. The molecule has 0 unspecified atom stereocenters. The summed E-state index contributed by atoms with van der Waals surface area (Å²) in [6.07, 6.45) is 1.25. The van der Waals surface area contributed by atoms with Crippen molar-refractivity contribution in [2.75, 3.05) is 13.1 Å². The van der Waals surface area contributed by atoms with Gasteiger partial charge >= 0.3 is 17.1 Å². The number of para-hydroxylation sites is 1. The van der Waals surface area contributed by atoms with Gasteiger partial charge in [0.2, 0.25) is 0 Å². The van der Waals surface area contributed by atoms with E-state index in [0.717, 1.165) is 12.8 Å². The molecule has 6 N–H and O–H groups in total. The molecular formula is C18H28N4O7S. The van der Waals surface area contributed by atoms with Gasteiger partial charge in [0, 0.05) is 13.1 Å². The van der Waals surface area contributed by atoms with E-state index in [1.54, 1.807) is 18.2 Å². The number of carboxylic acid groups (broad SMARTS) is 1. The number of carbonyl (C=O) groups excluding carboxylic acids is 1. The number of carboxylic acids is 1. The van der Waals surface area contributed by atoms with Crippen LogP contribution in [0.25, 0.3) is 0 Å². The van der Waals surface area contributed by atoms with Gasteiger partial charge in [0.05, 0.1) is 0 Å². The van der Waals surface area contributed by atoms with Gasteiger partial charge in [-0.1, -0.05) is 18.2 Å². The second-order valence-electron chi connectivity index (χ2n) is 6.68. The van der Waals surface area contributed by atoms with Gasteiger partial charge in [-0.3, -0.25) is 4.99 Å². The highest BCUT2D eigenvalue weighted by Crippen LogP contribution is 2.08. The number of benzene rings is 1. The Labute approximate surface area is 176 Å². The number of aliphatic carboxylic acids is 1. The van der Waals surface area contributed by atoms with Crippen LogP contribution in [0.4, 0.5) is 4.79 Å². The fourth-order valence-corrected chi connectivity index (χ4v) is 2.00. The summed E-state index contributed by atoms with van der Waals surface area (Å²) in [5.41, 5.74) is 9.87. The number of nitrogens with one attached hydrogen (secondary N) is 1. The summed E-state index contributed by atoms with van der Waals surface area (Å²) in [7, 11) is -2.89. The Morgan fingerprint density at radius 1 is 1.13 bits per heavy atom. The van der Waals surface area contributed by atoms with Gasteiger partial charge in [0.15, 0.2) is 5.96 Å². The van der Waals surface area contributed by atoms with Crippen LogP contribution in [0, 0.1) is 0 Å². The lowest BCUT2D eigenvalue weighted by molar-refractivity contribution is -0.130. The van der Waals surface area contributed by atoms with Gasteiger partial charge in [0.1, 0.15) is 11.4 Å². The molecule has 0 radical (unpaired) electrons. The lowest BCUT2D eigenvalue weighted by atomic mass is 10.2. The van der Waals surface area contributed by atoms with Crippen LogP contribution in [0.15, 0.2) is 35.3 Å². The minimum absolute atomic E-state index is 0.0973. The van der Waals surface area contributed by atoms with E-state index in [2.05, 4.69) is 15.0 Å². The Morgan fingerprint density at radius 2 is 1.73 bits per heavy atom. The molecule has 0 bridgehead atoms. The number of nitrogens with two attached hydrogens (primary N) is 2. The van der Waals surface area contributed by atoms with Crippen LogP contribution in [-0.2, 0) is 19.8 Å². The van der Waals surface area contributed by atoms with E-state index in [1.807, 2.05) is 20.8 Å². The fraction of sp³-hybridized carbons (Fsp3) is 0.444. The van der Waals surface area contributed by atoms with E-state index in [9.17, 15) is 18.0 Å². The molecule has 11 nitrogen and oxygen atoms in total. The van der Waals surface area contributed by atoms with Crippen molar-refractivity contribution in [3.63, 3.8) is 0 Å². The molecule has 0 aliphatic carbocycles. The summed E-state index contributed by atoms with van der Waals surface area (Å²) in [5, 5.41) is 10.1. The number of hydrogen-bond donors (Lipinski definition) is 4. The topological polar surface area (TPSA) is 183 Å². The van der Waals surface area contributed by atoms with Crippen LogP contribution < -0.4 is 21.5 Å². The number of rotatable bonds is 6. The van der Waals surface area contributed by atoms with E-state index in [-0.39, 0.29) is 11.7 Å². The van der Waals surface area contributed by atoms with Crippen LogP contribution in [0.1, 0.15) is 33.6 Å². The van der Waals surface area contributed by atoms with Crippen molar-refractivity contribution in [3.05, 3.63) is 30.3 Å². The molecule has 0 aliphatic heterocycles. The maximum absolute atomic E-state index is 11.2. The maximum atomic E-state index is 11.2. The Hall–Kier alpha value is -3.28. The van der Waals surface area contributed by atoms with Crippen molar-refractivity contribution in [2.45, 2.75) is 39.2 Å². The third-order valence-electron chi connectivity index (χ3n) is 2.83. The van der Waals surface area contributed by atoms with Crippen LogP contribution in [0.3, 0.4) is 0 Å². The lowest BCUT2D eigenvalue weighted by Gasteiger charge is -2.19. The number of aliphatic imine (C=N–C) groups is 1. The molecule has 0 atom stereocenters. The zero-order valence-corrected chi connectivity index (χ0v) is 17.9. The first-order valence-corrected chi connectivity index (χ1v) is 9.94. The fourth-order valence-electron chi connectivity index (χ4n) is 1.69. The van der Waals surface area contributed by atoms with E-state index < -0.39 is 33.0 Å². The zero-order valence-electron chi connectivity index (χ0n) is 17.1. The number of carbonyl (C=O) groups is 2. The highest BCUT2D eigenvalue weighted by molar-refractivity contribution is 7.74. The Balaban J connectivity index is 0.000000564. The number of alkyl carbamates (subject to hydrolysis) is 1. The highest BCUT2D eigenvalue weighted by atomic mass is 32.2. The smallest absolute Gasteiger partial charge is 0.407 e. The van der Waals surface area contributed by atoms with Gasteiger partial charge < -0.3 is 31.4 Å². The Bertz CT molecular complexity index is 835. The van der Waals surface area contributed by atoms with E-state index >= 15 is 0 Å². The summed E-state index contributed by atoms with van der Waals surface area (Å²) >= 11 is 0. The number of hydrogen-bond acceptors (Lipinski definition) is 7. The monoisotopic (exact) mass is 444 g/mol. The minimum atomic E-state index is -2.89. The SMILES string of the molecule is CC(C)(C)OC(=O)NCCCCN=C(N)N.O=C(O)C(Oc1ccccc1)=S(=O)=O. The molecule has 1 amide bonds. The van der Waals surface area contributed by atoms with E-state index in [1.165, 1.54) is 12.1 Å². The Kier molecular flexibility index (Phi) is 12.3. The average Bonchev–Trinajstić information content (AvgIpc) is 2.62. The molecule has 0 saturated heterocycles. The van der Waals surface area contributed by atoms with Gasteiger partial charge in [-0.05, 0) is 45.7 Å². The second kappa shape index (κ2) is 13.8. The first-order chi connectivity index (χ1) is 13.9. The van der Waals surface area contributed by atoms with Crippen molar-refractivity contribution in [1.29, 1.82) is 0 Å². The maximum Gasteiger partial charge on any atom is 0.407 e. The van der Waals surface area contributed by atoms with Gasteiger partial charge in [-0.2, -0.15) is 8.42 Å². The average molecular weight is 445 g/mol. The summed E-state index contributed by atoms with van der Waals surface area (Å²) in [5.74, 6) is -1.36. The van der Waals surface area contributed by atoms with Crippen molar-refractivity contribution < 1.29 is 32.6 Å². The molecule has 0 fully saturated rings. The minimum Gasteiger partial charge on any atom is -0.475 e. The summed E-state index contributed by atoms with van der Waals surface area (Å²) in [6.45, 7) is 6.62. The molecule has 12 heteroatoms. The molecule has 0 heterocycles. The highest BCUT2D eigenvalue weighted by Gasteiger charge is 2.15. The molecule has 0 saturated carbocycles. The molecule has 0 aliphatic rings. The largest absolute Gasteiger partial charge is 0.475 e. The zero-order chi connectivity index (χ0) is 23.2. The van der Waals surface area contributed by atoms with Crippen LogP contribution in [-0.4, -0.2) is 55.3 Å².